The van der Waals surface area contributed by atoms with Gasteiger partial charge in [0, 0.05) is 12.2 Å². The summed E-state index contributed by atoms with van der Waals surface area (Å²) in [5.41, 5.74) is 0.462. The predicted octanol–water partition coefficient (Wildman–Crippen LogP) is 0.714. The van der Waals surface area contributed by atoms with Crippen LogP contribution in [0.3, 0.4) is 0 Å². The first-order valence-corrected chi connectivity index (χ1v) is 3.67. The SMILES string of the molecule is C=CC(C)NC(=O)c1ccn[nH]1. The molecule has 1 aromatic heterocycles. The minimum Gasteiger partial charge on any atom is -0.345 e. The molecule has 0 aliphatic heterocycles. The third-order valence-corrected chi connectivity index (χ3v) is 1.46. The zero-order valence-corrected chi connectivity index (χ0v) is 6.87. The van der Waals surface area contributed by atoms with E-state index in [4.69, 9.17) is 0 Å². The lowest BCUT2D eigenvalue weighted by atomic mass is 10.3. The summed E-state index contributed by atoms with van der Waals surface area (Å²) in [6.07, 6.45) is 3.20. The van der Waals surface area contributed by atoms with Crippen LogP contribution < -0.4 is 5.32 Å². The average molecular weight is 165 g/mol. The highest BCUT2D eigenvalue weighted by Gasteiger charge is 2.07. The maximum atomic E-state index is 11.2. The van der Waals surface area contributed by atoms with Crippen molar-refractivity contribution in [2.45, 2.75) is 13.0 Å². The van der Waals surface area contributed by atoms with Crippen LogP contribution in [0.25, 0.3) is 0 Å². The van der Waals surface area contributed by atoms with Crippen molar-refractivity contribution < 1.29 is 4.79 Å². The monoisotopic (exact) mass is 165 g/mol. The number of carbonyl (C=O) groups excluding carboxylic acids is 1. The molecule has 4 heteroatoms. The van der Waals surface area contributed by atoms with Gasteiger partial charge in [-0.3, -0.25) is 9.89 Å². The first-order valence-electron chi connectivity index (χ1n) is 3.67. The molecule has 0 aliphatic rings. The molecule has 0 aliphatic carbocycles. The van der Waals surface area contributed by atoms with Gasteiger partial charge in [0.05, 0.1) is 0 Å². The van der Waals surface area contributed by atoms with Crippen molar-refractivity contribution in [2.24, 2.45) is 0 Å². The lowest BCUT2D eigenvalue weighted by Gasteiger charge is -2.06. The smallest absolute Gasteiger partial charge is 0.269 e. The molecule has 0 fully saturated rings. The van der Waals surface area contributed by atoms with Gasteiger partial charge in [-0.1, -0.05) is 6.08 Å². The van der Waals surface area contributed by atoms with Crippen molar-refractivity contribution in [3.05, 3.63) is 30.6 Å². The van der Waals surface area contributed by atoms with E-state index >= 15 is 0 Å². The number of nitrogens with zero attached hydrogens (tertiary/aromatic N) is 1. The Morgan fingerprint density at radius 1 is 1.92 bits per heavy atom. The number of aromatic amines is 1. The van der Waals surface area contributed by atoms with Gasteiger partial charge in [0.15, 0.2) is 0 Å². The van der Waals surface area contributed by atoms with E-state index in [1.165, 1.54) is 6.20 Å². The van der Waals surface area contributed by atoms with Gasteiger partial charge in [0.25, 0.3) is 5.91 Å². The van der Waals surface area contributed by atoms with Crippen molar-refractivity contribution in [3.8, 4) is 0 Å². The number of H-pyrrole nitrogens is 1. The second-order valence-corrected chi connectivity index (χ2v) is 2.47. The molecule has 12 heavy (non-hydrogen) atoms. The molecule has 2 N–H and O–H groups in total. The highest BCUT2D eigenvalue weighted by atomic mass is 16.2. The number of aromatic nitrogens is 2. The zero-order chi connectivity index (χ0) is 8.97. The summed E-state index contributed by atoms with van der Waals surface area (Å²) in [7, 11) is 0. The van der Waals surface area contributed by atoms with Gasteiger partial charge < -0.3 is 5.32 Å². The molecule has 0 spiro atoms. The second-order valence-electron chi connectivity index (χ2n) is 2.47. The van der Waals surface area contributed by atoms with Crippen LogP contribution in [0.4, 0.5) is 0 Å². The van der Waals surface area contributed by atoms with Crippen molar-refractivity contribution in [1.29, 1.82) is 0 Å². The number of carbonyl (C=O) groups is 1. The quantitative estimate of drug-likeness (QED) is 0.648. The van der Waals surface area contributed by atoms with E-state index in [9.17, 15) is 4.79 Å². The van der Waals surface area contributed by atoms with Crippen molar-refractivity contribution in [1.82, 2.24) is 15.5 Å². The zero-order valence-electron chi connectivity index (χ0n) is 6.87. The van der Waals surface area contributed by atoms with Crippen LogP contribution in [0, 0.1) is 0 Å². The molecule has 0 radical (unpaired) electrons. The summed E-state index contributed by atoms with van der Waals surface area (Å²) in [5, 5.41) is 8.94. The van der Waals surface area contributed by atoms with Crippen LogP contribution >= 0.6 is 0 Å². The summed E-state index contributed by atoms with van der Waals surface area (Å²) in [5.74, 6) is -0.167. The Hall–Kier alpha value is -1.58. The number of hydrogen-bond acceptors (Lipinski definition) is 2. The molecule has 0 bridgehead atoms. The van der Waals surface area contributed by atoms with E-state index in [1.807, 2.05) is 6.92 Å². The molecule has 1 aromatic rings. The molecule has 0 saturated heterocycles. The maximum absolute atomic E-state index is 11.2. The molecule has 0 aromatic carbocycles. The van der Waals surface area contributed by atoms with Crippen LogP contribution in [-0.4, -0.2) is 22.1 Å². The highest BCUT2D eigenvalue weighted by molar-refractivity contribution is 5.92. The van der Waals surface area contributed by atoms with Crippen LogP contribution in [-0.2, 0) is 0 Å². The fraction of sp³-hybridized carbons (Fsp3) is 0.250. The third kappa shape index (κ3) is 1.95. The van der Waals surface area contributed by atoms with Crippen molar-refractivity contribution in [2.75, 3.05) is 0 Å². The Bertz CT molecular complexity index is 266. The van der Waals surface area contributed by atoms with Gasteiger partial charge in [-0.15, -0.1) is 6.58 Å². The van der Waals surface area contributed by atoms with Crippen LogP contribution in [0.2, 0.25) is 0 Å². The lowest BCUT2D eigenvalue weighted by Crippen LogP contribution is -2.31. The number of nitrogens with one attached hydrogen (secondary N) is 2. The van der Waals surface area contributed by atoms with Gasteiger partial charge in [-0.2, -0.15) is 5.10 Å². The first kappa shape index (κ1) is 8.52. The Morgan fingerprint density at radius 2 is 2.67 bits per heavy atom. The molecule has 1 atom stereocenters. The molecule has 1 unspecified atom stereocenters. The van der Waals surface area contributed by atoms with Crippen LogP contribution in [0.15, 0.2) is 24.9 Å². The van der Waals surface area contributed by atoms with E-state index in [0.717, 1.165) is 0 Å². The normalized spacial score (nSPS) is 12.1. The molecule has 1 heterocycles. The second kappa shape index (κ2) is 3.71. The van der Waals surface area contributed by atoms with Gasteiger partial charge in [0.1, 0.15) is 5.69 Å². The number of hydrogen-bond donors (Lipinski definition) is 2. The van der Waals surface area contributed by atoms with Gasteiger partial charge in [-0.25, -0.2) is 0 Å². The van der Waals surface area contributed by atoms with Crippen molar-refractivity contribution in [3.63, 3.8) is 0 Å². The molecular formula is C8H11N3O. The summed E-state index contributed by atoms with van der Waals surface area (Å²) in [6.45, 7) is 5.40. The molecule has 64 valence electrons. The maximum Gasteiger partial charge on any atom is 0.269 e. The summed E-state index contributed by atoms with van der Waals surface area (Å²) in [6, 6.07) is 1.59. The highest BCUT2D eigenvalue weighted by Crippen LogP contribution is 1.92. The molecular weight excluding hydrogens is 154 g/mol. The topological polar surface area (TPSA) is 57.8 Å². The van der Waals surface area contributed by atoms with E-state index in [2.05, 4.69) is 22.1 Å². The summed E-state index contributed by atoms with van der Waals surface area (Å²) >= 11 is 0. The fourth-order valence-electron chi connectivity index (χ4n) is 0.726. The third-order valence-electron chi connectivity index (χ3n) is 1.46. The van der Waals surface area contributed by atoms with E-state index in [-0.39, 0.29) is 11.9 Å². The molecule has 0 saturated carbocycles. The molecule has 1 rings (SSSR count). The summed E-state index contributed by atoms with van der Waals surface area (Å²) < 4.78 is 0. The predicted molar refractivity (Wildman–Crippen MR) is 45.7 cm³/mol. The molecule has 4 nitrogen and oxygen atoms in total. The van der Waals surface area contributed by atoms with E-state index in [1.54, 1.807) is 12.1 Å². The average Bonchev–Trinajstić information content (AvgIpc) is 2.56. The van der Waals surface area contributed by atoms with Crippen molar-refractivity contribution >= 4 is 5.91 Å². The minimum absolute atomic E-state index is 0.0270. The Balaban J connectivity index is 2.55. The lowest BCUT2D eigenvalue weighted by molar-refractivity contribution is 0.0942. The molecule has 1 amide bonds. The van der Waals surface area contributed by atoms with E-state index < -0.39 is 0 Å². The van der Waals surface area contributed by atoms with Crippen LogP contribution in [0.5, 0.6) is 0 Å². The largest absolute Gasteiger partial charge is 0.345 e. The summed E-state index contributed by atoms with van der Waals surface area (Å²) in [4.78, 5) is 11.2. The van der Waals surface area contributed by atoms with Gasteiger partial charge in [-0.05, 0) is 13.0 Å². The van der Waals surface area contributed by atoms with E-state index in [0.29, 0.717) is 5.69 Å². The Morgan fingerprint density at radius 3 is 3.17 bits per heavy atom. The van der Waals surface area contributed by atoms with Gasteiger partial charge in [0.2, 0.25) is 0 Å². The standard InChI is InChI=1S/C8H11N3O/c1-3-6(2)10-8(12)7-4-5-9-11-7/h3-6H,1H2,2H3,(H,9,11)(H,10,12). The number of rotatable bonds is 3. The Labute approximate surface area is 70.7 Å². The first-order chi connectivity index (χ1) is 5.74. The Kier molecular flexibility index (Phi) is 2.63. The van der Waals surface area contributed by atoms with Gasteiger partial charge >= 0.3 is 0 Å². The number of amides is 1. The van der Waals surface area contributed by atoms with Crippen LogP contribution in [0.1, 0.15) is 17.4 Å². The fourth-order valence-corrected chi connectivity index (χ4v) is 0.726. The minimum atomic E-state index is -0.167.